The Morgan fingerprint density at radius 2 is 2.05 bits per heavy atom. The molecule has 0 aliphatic heterocycles. The van der Waals surface area contributed by atoms with Gasteiger partial charge in [-0.05, 0) is 18.2 Å². The Labute approximate surface area is 119 Å². The molecule has 0 aromatic heterocycles. The van der Waals surface area contributed by atoms with Crippen molar-refractivity contribution in [3.05, 3.63) is 29.6 Å². The largest absolute Gasteiger partial charge is 0.492 e. The van der Waals surface area contributed by atoms with Crippen molar-refractivity contribution in [1.29, 1.82) is 0 Å². The highest BCUT2D eigenvalue weighted by Crippen LogP contribution is 2.19. The van der Waals surface area contributed by atoms with Gasteiger partial charge in [0.15, 0.2) is 9.84 Å². The van der Waals surface area contributed by atoms with Crippen LogP contribution in [0.5, 0.6) is 5.75 Å². The summed E-state index contributed by atoms with van der Waals surface area (Å²) in [5, 5.41) is 3.09. The molecule has 0 heterocycles. The van der Waals surface area contributed by atoms with Crippen LogP contribution < -0.4 is 10.1 Å². The van der Waals surface area contributed by atoms with E-state index in [9.17, 15) is 12.8 Å². The minimum Gasteiger partial charge on any atom is -0.492 e. The molecule has 1 rings (SSSR count). The Hall–Kier alpha value is -1.18. The Morgan fingerprint density at radius 3 is 2.70 bits per heavy atom. The fourth-order valence-electron chi connectivity index (χ4n) is 1.53. The number of rotatable bonds is 9. The average Bonchev–Trinajstić information content (AvgIpc) is 2.35. The van der Waals surface area contributed by atoms with Gasteiger partial charge in [-0.25, -0.2) is 12.8 Å². The molecule has 1 aromatic carbocycles. The summed E-state index contributed by atoms with van der Waals surface area (Å²) in [5.41, 5.74) is 0.648. The normalized spacial score (nSPS) is 11.6. The lowest BCUT2D eigenvalue weighted by Gasteiger charge is -2.12. The van der Waals surface area contributed by atoms with E-state index in [0.29, 0.717) is 31.0 Å². The molecular weight excluding hydrogens is 285 g/mol. The number of methoxy groups -OCH3 is 1. The first-order valence-corrected chi connectivity index (χ1v) is 8.27. The first-order valence-electron chi connectivity index (χ1n) is 6.21. The summed E-state index contributed by atoms with van der Waals surface area (Å²) in [4.78, 5) is 0. The molecule has 0 spiro atoms. The summed E-state index contributed by atoms with van der Waals surface area (Å²) in [6, 6.07) is 4.16. The van der Waals surface area contributed by atoms with Crippen LogP contribution in [0.3, 0.4) is 0 Å². The fraction of sp³-hybridized carbons (Fsp3) is 0.538. The van der Waals surface area contributed by atoms with Gasteiger partial charge in [0.05, 0.1) is 12.4 Å². The zero-order chi connectivity index (χ0) is 15.0. The van der Waals surface area contributed by atoms with Gasteiger partial charge in [0, 0.05) is 32.0 Å². The lowest BCUT2D eigenvalue weighted by atomic mass is 10.2. The van der Waals surface area contributed by atoms with Crippen molar-refractivity contribution in [3.63, 3.8) is 0 Å². The van der Waals surface area contributed by atoms with Crippen LogP contribution in [0.25, 0.3) is 0 Å². The van der Waals surface area contributed by atoms with Crippen molar-refractivity contribution in [2.75, 3.05) is 38.9 Å². The third-order valence-corrected chi connectivity index (χ3v) is 3.44. The van der Waals surface area contributed by atoms with E-state index in [2.05, 4.69) is 5.32 Å². The zero-order valence-corrected chi connectivity index (χ0v) is 12.5. The molecule has 0 saturated heterocycles. The second-order valence-corrected chi connectivity index (χ2v) is 6.66. The van der Waals surface area contributed by atoms with Crippen molar-refractivity contribution in [1.82, 2.24) is 5.32 Å². The van der Waals surface area contributed by atoms with Gasteiger partial charge < -0.3 is 14.8 Å². The summed E-state index contributed by atoms with van der Waals surface area (Å²) in [5.74, 6) is 0.0601. The number of sulfone groups is 1. The highest BCUT2D eigenvalue weighted by molar-refractivity contribution is 7.90. The van der Waals surface area contributed by atoms with E-state index in [-0.39, 0.29) is 18.2 Å². The first kappa shape index (κ1) is 16.9. The Morgan fingerprint density at radius 1 is 1.30 bits per heavy atom. The molecule has 0 amide bonds. The molecule has 20 heavy (non-hydrogen) atoms. The van der Waals surface area contributed by atoms with Gasteiger partial charge in [0.25, 0.3) is 0 Å². The van der Waals surface area contributed by atoms with Gasteiger partial charge in [-0.3, -0.25) is 0 Å². The Kier molecular flexibility index (Phi) is 6.90. The van der Waals surface area contributed by atoms with Gasteiger partial charge in [0.1, 0.15) is 18.2 Å². The molecule has 0 radical (unpaired) electrons. The predicted octanol–water partition coefficient (Wildman–Crippen LogP) is 0.985. The van der Waals surface area contributed by atoms with Crippen molar-refractivity contribution >= 4 is 9.84 Å². The van der Waals surface area contributed by atoms with Crippen molar-refractivity contribution < 1.29 is 22.3 Å². The maximum atomic E-state index is 13.2. The zero-order valence-electron chi connectivity index (χ0n) is 11.7. The standard InChI is InChI=1S/C13H20FNO4S/c1-18-6-5-15-10-11-9-12(14)3-4-13(11)19-7-8-20(2,16)17/h3-4,9,15H,5-8,10H2,1-2H3. The molecule has 0 saturated carbocycles. The molecule has 0 atom stereocenters. The molecule has 0 bridgehead atoms. The molecule has 5 nitrogen and oxygen atoms in total. The van der Waals surface area contributed by atoms with E-state index >= 15 is 0 Å². The van der Waals surface area contributed by atoms with E-state index in [1.54, 1.807) is 7.11 Å². The van der Waals surface area contributed by atoms with Gasteiger partial charge in [-0.2, -0.15) is 0 Å². The van der Waals surface area contributed by atoms with E-state index in [1.165, 1.54) is 18.2 Å². The number of nitrogens with one attached hydrogen (secondary N) is 1. The van der Waals surface area contributed by atoms with E-state index in [1.807, 2.05) is 0 Å². The monoisotopic (exact) mass is 305 g/mol. The number of halogens is 1. The smallest absolute Gasteiger partial charge is 0.150 e. The summed E-state index contributed by atoms with van der Waals surface area (Å²) >= 11 is 0. The number of hydrogen-bond donors (Lipinski definition) is 1. The van der Waals surface area contributed by atoms with Crippen LogP contribution in [0.1, 0.15) is 5.56 Å². The quantitative estimate of drug-likeness (QED) is 0.689. The Bertz CT molecular complexity index is 519. The van der Waals surface area contributed by atoms with Crippen LogP contribution in [0, 0.1) is 5.82 Å². The molecule has 114 valence electrons. The van der Waals surface area contributed by atoms with Crippen LogP contribution in [0.2, 0.25) is 0 Å². The third-order valence-electron chi connectivity index (χ3n) is 2.53. The minimum atomic E-state index is -3.07. The second-order valence-electron chi connectivity index (χ2n) is 4.40. The summed E-state index contributed by atoms with van der Waals surface area (Å²) in [6.07, 6.45) is 1.15. The fourth-order valence-corrected chi connectivity index (χ4v) is 1.91. The molecule has 0 fully saturated rings. The van der Waals surface area contributed by atoms with Crippen molar-refractivity contribution in [3.8, 4) is 5.75 Å². The van der Waals surface area contributed by atoms with Crippen LogP contribution in [0.15, 0.2) is 18.2 Å². The van der Waals surface area contributed by atoms with Gasteiger partial charge in [-0.1, -0.05) is 0 Å². The van der Waals surface area contributed by atoms with Gasteiger partial charge >= 0.3 is 0 Å². The topological polar surface area (TPSA) is 64.6 Å². The van der Waals surface area contributed by atoms with Crippen molar-refractivity contribution in [2.24, 2.45) is 0 Å². The number of hydrogen-bond acceptors (Lipinski definition) is 5. The van der Waals surface area contributed by atoms with Crippen molar-refractivity contribution in [2.45, 2.75) is 6.54 Å². The Balaban J connectivity index is 2.60. The molecule has 1 aromatic rings. The van der Waals surface area contributed by atoms with Crippen LogP contribution in [-0.4, -0.2) is 47.3 Å². The molecule has 0 aliphatic carbocycles. The van der Waals surface area contributed by atoms with E-state index < -0.39 is 9.84 Å². The summed E-state index contributed by atoms with van der Waals surface area (Å²) in [7, 11) is -1.47. The maximum Gasteiger partial charge on any atom is 0.150 e. The number of ether oxygens (including phenoxy) is 2. The maximum absolute atomic E-state index is 13.2. The third kappa shape index (κ3) is 6.83. The predicted molar refractivity (Wildman–Crippen MR) is 75.2 cm³/mol. The van der Waals surface area contributed by atoms with E-state index in [4.69, 9.17) is 9.47 Å². The molecule has 0 aliphatic rings. The summed E-state index contributed by atoms with van der Waals surface area (Å²) < 4.78 is 45.6. The first-order chi connectivity index (χ1) is 9.42. The van der Waals surface area contributed by atoms with Crippen LogP contribution in [0.4, 0.5) is 4.39 Å². The highest BCUT2D eigenvalue weighted by atomic mass is 32.2. The number of benzene rings is 1. The molecule has 1 N–H and O–H groups in total. The van der Waals surface area contributed by atoms with Gasteiger partial charge in [0.2, 0.25) is 0 Å². The summed E-state index contributed by atoms with van der Waals surface area (Å²) in [6.45, 7) is 1.67. The SMILES string of the molecule is COCCNCc1cc(F)ccc1OCCS(C)(=O)=O. The molecule has 7 heteroatoms. The minimum absolute atomic E-state index is 0.0511. The second kappa shape index (κ2) is 8.18. The van der Waals surface area contributed by atoms with E-state index in [0.717, 1.165) is 6.26 Å². The highest BCUT2D eigenvalue weighted by Gasteiger charge is 2.07. The van der Waals surface area contributed by atoms with Crippen LogP contribution >= 0.6 is 0 Å². The molecule has 0 unspecified atom stereocenters. The average molecular weight is 305 g/mol. The lowest BCUT2D eigenvalue weighted by molar-refractivity contribution is 0.199. The molecular formula is C13H20FNO4S. The van der Waals surface area contributed by atoms with Crippen LogP contribution in [-0.2, 0) is 21.1 Å². The lowest BCUT2D eigenvalue weighted by Crippen LogP contribution is -2.19. The van der Waals surface area contributed by atoms with Gasteiger partial charge in [-0.15, -0.1) is 0 Å².